The summed E-state index contributed by atoms with van der Waals surface area (Å²) in [6.45, 7) is 2.31. The minimum absolute atomic E-state index is 0.00995. The molecule has 6 rings (SSSR count). The van der Waals surface area contributed by atoms with Gasteiger partial charge in [-0.25, -0.2) is 9.97 Å². The highest BCUT2D eigenvalue weighted by molar-refractivity contribution is 5.98. The molecule has 0 aromatic carbocycles. The molecular weight excluding hydrogens is 468 g/mol. The molecular formula is C27H32N8O2. The Hall–Kier alpha value is -3.95. The van der Waals surface area contributed by atoms with Gasteiger partial charge < -0.3 is 24.6 Å². The van der Waals surface area contributed by atoms with Gasteiger partial charge in [0.05, 0.1) is 5.56 Å². The third-order valence-electron chi connectivity index (χ3n) is 7.66. The Bertz CT molecular complexity index is 1360. The highest BCUT2D eigenvalue weighted by atomic mass is 16.2. The maximum atomic E-state index is 13.0. The second kappa shape index (κ2) is 9.49. The van der Waals surface area contributed by atoms with E-state index >= 15 is 0 Å². The molecule has 2 amide bonds. The zero-order chi connectivity index (χ0) is 25.5. The molecule has 1 N–H and O–H groups in total. The number of aromatic nitrogens is 4. The van der Waals surface area contributed by atoms with Crippen LogP contribution >= 0.6 is 0 Å². The van der Waals surface area contributed by atoms with Crippen molar-refractivity contribution in [2.75, 3.05) is 39.0 Å². The van der Waals surface area contributed by atoms with E-state index in [9.17, 15) is 9.59 Å². The van der Waals surface area contributed by atoms with Crippen molar-refractivity contribution >= 4 is 34.6 Å². The summed E-state index contributed by atoms with van der Waals surface area (Å²) in [4.78, 5) is 45.5. The molecule has 2 fully saturated rings. The van der Waals surface area contributed by atoms with Gasteiger partial charge in [-0.1, -0.05) is 18.9 Å². The topological polar surface area (TPSA) is 99.5 Å². The van der Waals surface area contributed by atoms with E-state index in [4.69, 9.17) is 4.98 Å². The Morgan fingerprint density at radius 3 is 2.65 bits per heavy atom. The van der Waals surface area contributed by atoms with Gasteiger partial charge in [-0.2, -0.15) is 4.98 Å². The third-order valence-corrected chi connectivity index (χ3v) is 7.66. The van der Waals surface area contributed by atoms with Crippen molar-refractivity contribution in [2.45, 2.75) is 44.2 Å². The van der Waals surface area contributed by atoms with Crippen LogP contribution in [-0.2, 0) is 0 Å². The summed E-state index contributed by atoms with van der Waals surface area (Å²) < 4.78 is 2.09. The summed E-state index contributed by atoms with van der Waals surface area (Å²) in [5.74, 6) is 0.942. The van der Waals surface area contributed by atoms with Crippen molar-refractivity contribution in [3.63, 3.8) is 0 Å². The smallest absolute Gasteiger partial charge is 0.270 e. The molecule has 1 saturated heterocycles. The highest BCUT2D eigenvalue weighted by Gasteiger charge is 2.30. The molecule has 1 atom stereocenters. The molecule has 0 spiro atoms. The Balaban J connectivity index is 1.21. The Kier molecular flexibility index (Phi) is 6.02. The first kappa shape index (κ1) is 23.4. The lowest BCUT2D eigenvalue weighted by atomic mass is 10.1. The van der Waals surface area contributed by atoms with Crippen LogP contribution < -0.4 is 5.32 Å². The van der Waals surface area contributed by atoms with Gasteiger partial charge >= 0.3 is 0 Å². The van der Waals surface area contributed by atoms with Gasteiger partial charge in [-0.15, -0.1) is 0 Å². The highest BCUT2D eigenvalue weighted by Crippen LogP contribution is 2.35. The number of nitrogens with one attached hydrogen (secondary N) is 1. The Morgan fingerprint density at radius 2 is 1.89 bits per heavy atom. The van der Waals surface area contributed by atoms with E-state index in [1.54, 1.807) is 43.5 Å². The van der Waals surface area contributed by atoms with Gasteiger partial charge in [-0.3, -0.25) is 9.59 Å². The van der Waals surface area contributed by atoms with Crippen molar-refractivity contribution in [2.24, 2.45) is 0 Å². The number of piperazine rings is 1. The minimum atomic E-state index is -0.0352. The van der Waals surface area contributed by atoms with Crippen LogP contribution in [0.5, 0.6) is 0 Å². The summed E-state index contributed by atoms with van der Waals surface area (Å²) in [5, 5.41) is 4.01. The minimum Gasteiger partial charge on any atom is -0.371 e. The van der Waals surface area contributed by atoms with Crippen molar-refractivity contribution in [1.29, 1.82) is 0 Å². The second-order valence-corrected chi connectivity index (χ2v) is 10.3. The molecule has 192 valence electrons. The maximum absolute atomic E-state index is 13.0. The zero-order valence-corrected chi connectivity index (χ0v) is 21.3. The fourth-order valence-electron chi connectivity index (χ4n) is 5.70. The summed E-state index contributed by atoms with van der Waals surface area (Å²) in [7, 11) is 3.53. The summed E-state index contributed by atoms with van der Waals surface area (Å²) in [5.41, 5.74) is 1.97. The maximum Gasteiger partial charge on any atom is 0.270 e. The number of hydrogen-bond donors (Lipinski definition) is 1. The van der Waals surface area contributed by atoms with Crippen LogP contribution in [-0.4, -0.2) is 85.8 Å². The zero-order valence-electron chi connectivity index (χ0n) is 21.3. The van der Waals surface area contributed by atoms with Gasteiger partial charge in [0.1, 0.15) is 17.2 Å². The molecule has 10 nitrogen and oxygen atoms in total. The summed E-state index contributed by atoms with van der Waals surface area (Å²) >= 11 is 0. The molecule has 2 aliphatic heterocycles. The number of fused-ring (bicyclic) bond motifs is 2. The average molecular weight is 501 g/mol. The van der Waals surface area contributed by atoms with Crippen LogP contribution in [0.25, 0.3) is 11.0 Å². The number of hydrogen-bond acceptors (Lipinski definition) is 7. The number of anilines is 2. The molecule has 3 aromatic rings. The van der Waals surface area contributed by atoms with E-state index in [0.717, 1.165) is 56.2 Å². The summed E-state index contributed by atoms with van der Waals surface area (Å²) in [6, 6.07) is 6.11. The molecule has 3 aromatic heterocycles. The quantitative estimate of drug-likeness (QED) is 0.573. The molecule has 1 saturated carbocycles. The van der Waals surface area contributed by atoms with E-state index in [1.165, 1.54) is 0 Å². The van der Waals surface area contributed by atoms with Gasteiger partial charge in [0.15, 0.2) is 0 Å². The van der Waals surface area contributed by atoms with Crippen molar-refractivity contribution in [3.8, 4) is 0 Å². The number of carbonyl (C=O) groups excluding carboxylic acids is 2. The lowest BCUT2D eigenvalue weighted by Crippen LogP contribution is -2.51. The fraction of sp³-hybridized carbons (Fsp3) is 0.444. The van der Waals surface area contributed by atoms with Gasteiger partial charge in [0.25, 0.3) is 11.8 Å². The molecule has 0 bridgehead atoms. The third kappa shape index (κ3) is 4.41. The normalized spacial score (nSPS) is 19.5. The first-order valence-electron chi connectivity index (χ1n) is 13.0. The van der Waals surface area contributed by atoms with E-state index in [1.807, 2.05) is 11.0 Å². The molecule has 10 heteroatoms. The second-order valence-electron chi connectivity index (χ2n) is 10.3. The molecule has 0 radical (unpaired) electrons. The fourth-order valence-corrected chi connectivity index (χ4v) is 5.70. The largest absolute Gasteiger partial charge is 0.371 e. The first-order chi connectivity index (χ1) is 18.0. The van der Waals surface area contributed by atoms with Crippen LogP contribution in [0.4, 0.5) is 11.8 Å². The summed E-state index contributed by atoms with van der Waals surface area (Å²) in [6.07, 6.45) is 13.0. The van der Waals surface area contributed by atoms with Gasteiger partial charge in [0, 0.05) is 63.6 Å². The predicted octanol–water partition coefficient (Wildman–Crippen LogP) is 3.43. The number of carbonyl (C=O) groups is 2. The Labute approximate surface area is 216 Å². The van der Waals surface area contributed by atoms with E-state index < -0.39 is 0 Å². The van der Waals surface area contributed by atoms with Crippen LogP contribution in [0.2, 0.25) is 0 Å². The monoisotopic (exact) mass is 500 g/mol. The number of nitrogens with zero attached hydrogens (tertiary/aromatic N) is 7. The lowest BCUT2D eigenvalue weighted by molar-refractivity contribution is 0.0607. The standard InChI is InChI=1S/C27H32N8O2/c1-32(2)26(37)22-14-19-16-29-27(31-24(19)35(22)20-6-3-4-7-20)30-23-10-9-18(15-28-23)25(36)34-13-12-33-11-5-8-21(33)17-34/h5,9-11,14-16,20-21H,3-4,6-8,12-13,17H2,1-2H3,(H,28,29,30,31)/t21-/m1/s1. The van der Waals surface area contributed by atoms with Crippen molar-refractivity contribution in [3.05, 3.63) is 54.1 Å². The van der Waals surface area contributed by atoms with E-state index in [-0.39, 0.29) is 17.9 Å². The van der Waals surface area contributed by atoms with Crippen LogP contribution in [0, 0.1) is 0 Å². The lowest BCUT2D eigenvalue weighted by Gasteiger charge is -2.38. The molecule has 0 unspecified atom stereocenters. The molecule has 37 heavy (non-hydrogen) atoms. The molecule has 1 aliphatic carbocycles. The van der Waals surface area contributed by atoms with Crippen molar-refractivity contribution in [1.82, 2.24) is 34.2 Å². The van der Waals surface area contributed by atoms with Crippen LogP contribution in [0.3, 0.4) is 0 Å². The SMILES string of the molecule is CN(C)C(=O)c1cc2cnc(Nc3ccc(C(=O)N4CCN5C=CC[C@@H]5C4)cn3)nc2n1C1CCCC1. The van der Waals surface area contributed by atoms with Crippen molar-refractivity contribution < 1.29 is 9.59 Å². The first-order valence-corrected chi connectivity index (χ1v) is 13.0. The van der Waals surface area contributed by atoms with Crippen LogP contribution in [0.15, 0.2) is 42.9 Å². The van der Waals surface area contributed by atoms with E-state index in [2.05, 4.69) is 37.0 Å². The van der Waals surface area contributed by atoms with Crippen LogP contribution in [0.1, 0.15) is 59.0 Å². The average Bonchev–Trinajstić information content (AvgIpc) is 3.67. The predicted molar refractivity (Wildman–Crippen MR) is 141 cm³/mol. The molecule has 3 aliphatic rings. The van der Waals surface area contributed by atoms with Gasteiger partial charge in [0.2, 0.25) is 5.95 Å². The number of pyridine rings is 1. The Morgan fingerprint density at radius 1 is 1.05 bits per heavy atom. The molecule has 5 heterocycles. The van der Waals surface area contributed by atoms with Gasteiger partial charge in [-0.05, 0) is 43.7 Å². The number of rotatable bonds is 5. The number of amides is 2. The van der Waals surface area contributed by atoms with E-state index in [0.29, 0.717) is 35.6 Å².